The van der Waals surface area contributed by atoms with Crippen molar-refractivity contribution in [1.29, 1.82) is 0 Å². The summed E-state index contributed by atoms with van der Waals surface area (Å²) in [6.45, 7) is 0. The second-order valence-electron chi connectivity index (χ2n) is 17.8. The van der Waals surface area contributed by atoms with Crippen molar-refractivity contribution in [1.82, 2.24) is 33.0 Å². The van der Waals surface area contributed by atoms with Gasteiger partial charge >= 0.3 is 6.01 Å². The highest BCUT2D eigenvalue weighted by Crippen LogP contribution is 2.66. The van der Waals surface area contributed by atoms with Crippen molar-refractivity contribution in [2.24, 2.45) is 0 Å². The molecule has 6 heterocycles. The van der Waals surface area contributed by atoms with Crippen LogP contribution >= 0.6 is 11.6 Å². The van der Waals surface area contributed by atoms with E-state index in [0.29, 0.717) is 22.0 Å². The molecule has 1 aliphatic rings. The molecule has 338 valence electrons. The highest BCUT2D eigenvalue weighted by molar-refractivity contribution is 6.33. The van der Waals surface area contributed by atoms with Crippen LogP contribution in [0.4, 0.5) is 0 Å². The van der Waals surface area contributed by atoms with Crippen molar-refractivity contribution in [2.75, 3.05) is 0 Å². The predicted molar refractivity (Wildman–Crippen MR) is 278 cm³/mol. The minimum Gasteiger partial charge on any atom is -0.494 e. The molecule has 13 heteroatoms. The molecule has 4 N–H and O–H groups in total. The normalized spacial score (nSPS) is 12.2. The first-order valence-corrected chi connectivity index (χ1v) is 23.3. The number of aromatic nitrogens is 7. The number of benzene rings is 8. The van der Waals surface area contributed by atoms with E-state index < -0.39 is 11.8 Å². The summed E-state index contributed by atoms with van der Waals surface area (Å²) < 4.78 is 15.1. The summed E-state index contributed by atoms with van der Waals surface area (Å²) in [5.41, 5.74) is 9.26. The maximum absolute atomic E-state index is 12.8. The van der Waals surface area contributed by atoms with E-state index in [1.54, 1.807) is 24.3 Å². The molecule has 0 atom stereocenters. The molecule has 8 aromatic carbocycles. The van der Waals surface area contributed by atoms with Crippen LogP contribution in [0.1, 0.15) is 0 Å². The zero-order chi connectivity index (χ0) is 47.4. The lowest BCUT2D eigenvalue weighted by Crippen LogP contribution is -2.10. The molecule has 0 saturated carbocycles. The Labute approximate surface area is 406 Å². The fourth-order valence-corrected chi connectivity index (χ4v) is 11.5. The predicted octanol–water partition coefficient (Wildman–Crippen LogP) is 13.7. The van der Waals surface area contributed by atoms with Gasteiger partial charge in [-0.15, -0.1) is 5.10 Å². The van der Waals surface area contributed by atoms with Gasteiger partial charge in [0.25, 0.3) is 5.89 Å². The second kappa shape index (κ2) is 14.2. The van der Waals surface area contributed by atoms with Crippen LogP contribution in [-0.4, -0.2) is 53.5 Å². The summed E-state index contributed by atoms with van der Waals surface area (Å²) in [5.74, 6) is -1.60. The van der Waals surface area contributed by atoms with Crippen molar-refractivity contribution < 1.29 is 24.8 Å². The SMILES string of the molecule is Oc1c2c(c(O)n1-c1nnc(-c3ccccc3Cl)o1)-c1c-2c(O)n(-c2cc(-n3c4ccccc4c4ccccc43)c(-n3c4ccccc4c4ccccc43)cc2-n2c3ccccc3c3ccccc32)c1O. The van der Waals surface area contributed by atoms with Gasteiger partial charge in [0.05, 0.1) is 88.7 Å². The third-order valence-electron chi connectivity index (χ3n) is 14.2. The van der Waals surface area contributed by atoms with Gasteiger partial charge < -0.3 is 38.5 Å². The minimum atomic E-state index is -0.470. The fraction of sp³-hybridized carbons (Fsp3) is 0. The zero-order valence-electron chi connectivity index (χ0n) is 37.0. The van der Waals surface area contributed by atoms with Gasteiger partial charge in [0, 0.05) is 32.3 Å². The summed E-state index contributed by atoms with van der Waals surface area (Å²) in [6, 6.07) is 60.7. The maximum atomic E-state index is 12.8. The highest BCUT2D eigenvalue weighted by Gasteiger charge is 2.45. The van der Waals surface area contributed by atoms with Crippen LogP contribution in [0.2, 0.25) is 5.02 Å². The van der Waals surface area contributed by atoms with Crippen molar-refractivity contribution >= 4 is 77.0 Å². The molecule has 0 radical (unpaired) electrons. The smallest absolute Gasteiger partial charge is 0.332 e. The molecular weight excluding hydrogens is 910 g/mol. The Balaban J connectivity index is 1.06. The van der Waals surface area contributed by atoms with Crippen LogP contribution < -0.4 is 0 Å². The number of nitrogens with zero attached hydrogens (tertiary/aromatic N) is 7. The van der Waals surface area contributed by atoms with E-state index in [4.69, 9.17) is 16.0 Å². The van der Waals surface area contributed by atoms with E-state index in [-0.39, 0.29) is 45.9 Å². The monoisotopic (exact) mass is 943 g/mol. The number of hydrogen-bond donors (Lipinski definition) is 4. The molecule has 15 rings (SSSR count). The molecule has 12 nitrogen and oxygen atoms in total. The Kier molecular flexibility index (Phi) is 7.87. The number of halogens is 1. The number of hydrogen-bond acceptors (Lipinski definition) is 7. The molecular formula is C58H34ClN7O5. The van der Waals surface area contributed by atoms with Gasteiger partial charge in [-0.1, -0.05) is 138 Å². The lowest BCUT2D eigenvalue weighted by atomic mass is 9.86. The average Bonchev–Trinajstić information content (AvgIpc) is 4.23. The number of aromatic hydroxyl groups is 4. The molecule has 0 fully saturated rings. The Morgan fingerprint density at radius 2 is 0.634 bits per heavy atom. The van der Waals surface area contributed by atoms with Crippen LogP contribution in [0.5, 0.6) is 23.5 Å². The van der Waals surface area contributed by atoms with Crippen LogP contribution in [-0.2, 0) is 0 Å². The first kappa shape index (κ1) is 39.4. The third kappa shape index (κ3) is 5.12. The van der Waals surface area contributed by atoms with Gasteiger partial charge in [-0.05, 0) is 60.7 Å². The van der Waals surface area contributed by atoms with E-state index in [0.717, 1.165) is 81.4 Å². The Bertz CT molecular complexity index is 4410. The van der Waals surface area contributed by atoms with Gasteiger partial charge in [0.1, 0.15) is 0 Å². The molecule has 71 heavy (non-hydrogen) atoms. The second-order valence-corrected chi connectivity index (χ2v) is 18.2. The topological polar surface area (TPSA) is 144 Å². The Morgan fingerprint density at radius 3 is 0.986 bits per heavy atom. The van der Waals surface area contributed by atoms with E-state index in [1.165, 1.54) is 4.57 Å². The molecule has 0 saturated heterocycles. The van der Waals surface area contributed by atoms with Crippen molar-refractivity contribution in [3.63, 3.8) is 0 Å². The molecule has 0 amide bonds. The van der Waals surface area contributed by atoms with E-state index in [2.05, 4.69) is 127 Å². The summed E-state index contributed by atoms with van der Waals surface area (Å²) in [6.07, 6.45) is 0. The van der Waals surface area contributed by atoms with Gasteiger partial charge in [-0.25, -0.2) is 9.13 Å². The lowest BCUT2D eigenvalue weighted by molar-refractivity contribution is 0.381. The molecule has 0 unspecified atom stereocenters. The number of rotatable bonds is 6. The molecule has 1 aliphatic carbocycles. The van der Waals surface area contributed by atoms with Gasteiger partial charge in [0.2, 0.25) is 23.5 Å². The number of para-hydroxylation sites is 6. The fourth-order valence-electron chi connectivity index (χ4n) is 11.3. The maximum Gasteiger partial charge on any atom is 0.332 e. The van der Waals surface area contributed by atoms with Crippen molar-refractivity contribution in [2.45, 2.75) is 0 Å². The van der Waals surface area contributed by atoms with Crippen LogP contribution in [0.3, 0.4) is 0 Å². The van der Waals surface area contributed by atoms with Crippen molar-refractivity contribution in [3.05, 3.63) is 187 Å². The number of fused-ring (bicyclic) bond motifs is 13. The van der Waals surface area contributed by atoms with Gasteiger partial charge in [-0.3, -0.25) is 0 Å². The van der Waals surface area contributed by atoms with E-state index >= 15 is 0 Å². The largest absolute Gasteiger partial charge is 0.494 e. The molecule has 6 aromatic heterocycles. The third-order valence-corrected chi connectivity index (χ3v) is 14.6. The molecule has 0 aliphatic heterocycles. The Morgan fingerprint density at radius 1 is 0.338 bits per heavy atom. The molecule has 14 aromatic rings. The Hall–Kier alpha value is -9.65. The van der Waals surface area contributed by atoms with Gasteiger partial charge in [-0.2, -0.15) is 0 Å². The first-order chi connectivity index (χ1) is 34.9. The minimum absolute atomic E-state index is 0.0666. The summed E-state index contributed by atoms with van der Waals surface area (Å²) >= 11 is 6.44. The highest BCUT2D eigenvalue weighted by atomic mass is 35.5. The molecule has 0 bridgehead atoms. The van der Waals surface area contributed by atoms with Crippen LogP contribution in [0, 0.1) is 0 Å². The van der Waals surface area contributed by atoms with E-state index in [1.807, 2.05) is 54.6 Å². The van der Waals surface area contributed by atoms with Crippen LogP contribution in [0.25, 0.3) is 128 Å². The summed E-state index contributed by atoms with van der Waals surface area (Å²) in [5, 5.41) is 64.4. The molecule has 0 spiro atoms. The zero-order valence-corrected chi connectivity index (χ0v) is 37.8. The van der Waals surface area contributed by atoms with Crippen molar-refractivity contribution in [3.8, 4) is 86.0 Å². The first-order valence-electron chi connectivity index (χ1n) is 22.9. The summed E-state index contributed by atoms with van der Waals surface area (Å²) in [4.78, 5) is 0. The lowest BCUT2D eigenvalue weighted by Gasteiger charge is -2.23. The standard InChI is InChI=1S/C58H34ClN7O5/c59-38-22-8-1-21-37(38)53-60-61-58(71-53)66-56(69)51-49-50(52(51)57(66)70)55(68)65(54(49)67)48-30-46(63-41-25-11-4-17-33(41)34-18-5-12-26-42(34)63)45(62-39-23-9-2-15-31(39)32-16-3-10-24-40(32)62)29-47(48)64-43-27-13-6-19-35(43)36-20-7-14-28-44(36)64/h1-30,67-70H. The van der Waals surface area contributed by atoms with Gasteiger partial charge in [0.15, 0.2) is 0 Å². The average molecular weight is 944 g/mol. The quantitative estimate of drug-likeness (QED) is 0.130. The summed E-state index contributed by atoms with van der Waals surface area (Å²) in [7, 11) is 0. The van der Waals surface area contributed by atoms with E-state index in [9.17, 15) is 20.4 Å². The van der Waals surface area contributed by atoms with Crippen LogP contribution in [0.15, 0.2) is 186 Å².